The molecule has 0 radical (unpaired) electrons. The van der Waals surface area contributed by atoms with Crippen LogP contribution in [0, 0.1) is 5.82 Å². The number of sulfonamides is 1. The first kappa shape index (κ1) is 24.1. The van der Waals surface area contributed by atoms with Crippen molar-refractivity contribution < 1.29 is 17.6 Å². The zero-order chi connectivity index (χ0) is 23.4. The van der Waals surface area contributed by atoms with Gasteiger partial charge in [0.2, 0.25) is 10.0 Å². The molecular formula is C24H29ClFN3O3S. The average Bonchev–Trinajstić information content (AvgIpc) is 3.06. The summed E-state index contributed by atoms with van der Waals surface area (Å²) in [6, 6.07) is 11.0. The summed E-state index contributed by atoms with van der Waals surface area (Å²) >= 11 is 6.26. The predicted molar refractivity (Wildman–Crippen MR) is 126 cm³/mol. The van der Waals surface area contributed by atoms with E-state index in [0.29, 0.717) is 44.8 Å². The number of nitrogens with zero attached hydrogens (tertiary/aromatic N) is 3. The molecule has 4 rings (SSSR count). The minimum Gasteiger partial charge on any atom is -0.337 e. The Labute approximate surface area is 200 Å². The first-order valence-electron chi connectivity index (χ1n) is 11.4. The Hall–Kier alpha value is -2.00. The molecule has 2 aliphatic heterocycles. The van der Waals surface area contributed by atoms with Crippen LogP contribution in [0.15, 0.2) is 47.4 Å². The lowest BCUT2D eigenvalue weighted by Crippen LogP contribution is -2.36. The molecule has 1 amide bonds. The smallest absolute Gasteiger partial charge is 0.253 e. The molecule has 6 nitrogen and oxygen atoms in total. The van der Waals surface area contributed by atoms with E-state index in [9.17, 15) is 17.6 Å². The van der Waals surface area contributed by atoms with Gasteiger partial charge in [-0.25, -0.2) is 12.8 Å². The summed E-state index contributed by atoms with van der Waals surface area (Å²) in [7, 11) is -3.74. The van der Waals surface area contributed by atoms with Crippen LogP contribution in [0.2, 0.25) is 5.02 Å². The Bertz CT molecular complexity index is 1090. The van der Waals surface area contributed by atoms with Crippen molar-refractivity contribution in [2.24, 2.45) is 0 Å². The van der Waals surface area contributed by atoms with Crippen molar-refractivity contribution in [1.82, 2.24) is 14.1 Å². The van der Waals surface area contributed by atoms with Crippen LogP contribution in [0.25, 0.3) is 0 Å². The molecule has 0 saturated carbocycles. The lowest BCUT2D eigenvalue weighted by Gasteiger charge is -2.27. The standard InChI is InChI=1S/C24H29ClFN3O3S/c25-22-10-7-20(17-23(22)33(31,32)29-13-2-1-3-14-29)24(30)28-12-4-11-27(15-16-28)18-19-5-8-21(26)9-6-19/h5-10,17H,1-4,11-16,18H2. The fraction of sp³-hybridized carbons (Fsp3) is 0.458. The Morgan fingerprint density at radius 1 is 0.879 bits per heavy atom. The minimum absolute atomic E-state index is 0.00433. The van der Waals surface area contributed by atoms with E-state index in [0.717, 1.165) is 37.8 Å². The Kier molecular flexibility index (Phi) is 7.69. The summed E-state index contributed by atoms with van der Waals surface area (Å²) in [4.78, 5) is 17.3. The normalized spacial score (nSPS) is 18.8. The number of rotatable bonds is 5. The lowest BCUT2D eigenvalue weighted by molar-refractivity contribution is 0.0761. The van der Waals surface area contributed by atoms with E-state index in [1.807, 2.05) is 0 Å². The Morgan fingerprint density at radius 3 is 2.33 bits per heavy atom. The van der Waals surface area contributed by atoms with Gasteiger partial charge in [-0.2, -0.15) is 4.31 Å². The third kappa shape index (κ3) is 5.74. The second kappa shape index (κ2) is 10.5. The molecular weight excluding hydrogens is 465 g/mol. The zero-order valence-corrected chi connectivity index (χ0v) is 20.1. The monoisotopic (exact) mass is 493 g/mol. The van der Waals surface area contributed by atoms with Crippen molar-refractivity contribution in [3.63, 3.8) is 0 Å². The molecule has 33 heavy (non-hydrogen) atoms. The van der Waals surface area contributed by atoms with Crippen LogP contribution in [-0.2, 0) is 16.6 Å². The predicted octanol–water partition coefficient (Wildman–Crippen LogP) is 4.00. The van der Waals surface area contributed by atoms with Gasteiger partial charge in [-0.05, 0) is 55.2 Å². The molecule has 0 unspecified atom stereocenters. The minimum atomic E-state index is -3.74. The van der Waals surface area contributed by atoms with Gasteiger partial charge < -0.3 is 4.90 Å². The highest BCUT2D eigenvalue weighted by Gasteiger charge is 2.29. The second-order valence-electron chi connectivity index (χ2n) is 8.66. The molecule has 0 spiro atoms. The Morgan fingerprint density at radius 2 is 1.61 bits per heavy atom. The molecule has 2 fully saturated rings. The molecule has 2 aromatic carbocycles. The van der Waals surface area contributed by atoms with Crippen LogP contribution in [0.1, 0.15) is 41.6 Å². The van der Waals surface area contributed by atoms with E-state index in [4.69, 9.17) is 11.6 Å². The summed E-state index contributed by atoms with van der Waals surface area (Å²) in [5.74, 6) is -0.443. The lowest BCUT2D eigenvalue weighted by atomic mass is 10.2. The quantitative estimate of drug-likeness (QED) is 0.631. The summed E-state index contributed by atoms with van der Waals surface area (Å²) in [6.45, 7) is 4.31. The van der Waals surface area contributed by atoms with Crippen LogP contribution < -0.4 is 0 Å². The molecule has 0 atom stereocenters. The van der Waals surface area contributed by atoms with E-state index < -0.39 is 10.0 Å². The number of hydrogen-bond acceptors (Lipinski definition) is 4. The highest BCUT2D eigenvalue weighted by Crippen LogP contribution is 2.28. The number of carbonyl (C=O) groups excluding carboxylic acids is 1. The summed E-state index contributed by atoms with van der Waals surface area (Å²) in [5, 5.41) is 0.137. The van der Waals surface area contributed by atoms with Crippen molar-refractivity contribution in [2.45, 2.75) is 37.1 Å². The van der Waals surface area contributed by atoms with E-state index in [-0.39, 0.29) is 21.6 Å². The molecule has 0 bridgehead atoms. The van der Waals surface area contributed by atoms with Crippen LogP contribution in [-0.4, -0.2) is 67.7 Å². The van der Waals surface area contributed by atoms with Gasteiger partial charge in [0.1, 0.15) is 10.7 Å². The maximum atomic E-state index is 13.2. The van der Waals surface area contributed by atoms with Gasteiger partial charge in [-0.15, -0.1) is 0 Å². The van der Waals surface area contributed by atoms with Gasteiger partial charge in [0.05, 0.1) is 5.02 Å². The SMILES string of the molecule is O=C(c1ccc(Cl)c(S(=O)(=O)N2CCCCC2)c1)N1CCCN(Cc2ccc(F)cc2)CC1. The molecule has 2 aliphatic rings. The molecule has 0 aliphatic carbocycles. The summed E-state index contributed by atoms with van der Waals surface area (Å²) < 4.78 is 40.9. The number of carbonyl (C=O) groups is 1. The van der Waals surface area contributed by atoms with Crippen LogP contribution in [0.4, 0.5) is 4.39 Å². The average molecular weight is 494 g/mol. The van der Waals surface area contributed by atoms with Crippen LogP contribution in [0.5, 0.6) is 0 Å². The molecule has 9 heteroatoms. The molecule has 0 N–H and O–H groups in total. The number of hydrogen-bond donors (Lipinski definition) is 0. The maximum absolute atomic E-state index is 13.2. The fourth-order valence-electron chi connectivity index (χ4n) is 4.44. The van der Waals surface area contributed by atoms with E-state index >= 15 is 0 Å². The van der Waals surface area contributed by atoms with Crippen molar-refractivity contribution in [2.75, 3.05) is 39.3 Å². The van der Waals surface area contributed by atoms with Gasteiger partial charge in [0, 0.05) is 51.4 Å². The third-order valence-electron chi connectivity index (χ3n) is 6.31. The van der Waals surface area contributed by atoms with Crippen molar-refractivity contribution in [3.05, 3.63) is 64.4 Å². The van der Waals surface area contributed by atoms with E-state index in [1.54, 1.807) is 23.1 Å². The van der Waals surface area contributed by atoms with Gasteiger partial charge >= 0.3 is 0 Å². The van der Waals surface area contributed by atoms with Crippen LogP contribution in [0.3, 0.4) is 0 Å². The highest BCUT2D eigenvalue weighted by atomic mass is 35.5. The zero-order valence-electron chi connectivity index (χ0n) is 18.6. The van der Waals surface area contributed by atoms with E-state index in [1.165, 1.54) is 28.6 Å². The largest absolute Gasteiger partial charge is 0.337 e. The first-order valence-corrected chi connectivity index (χ1v) is 13.2. The molecule has 178 valence electrons. The number of piperidine rings is 1. The van der Waals surface area contributed by atoms with Crippen molar-refractivity contribution >= 4 is 27.5 Å². The summed E-state index contributed by atoms with van der Waals surface area (Å²) in [5.41, 5.74) is 1.36. The molecule has 2 heterocycles. The second-order valence-corrected chi connectivity index (χ2v) is 11.0. The van der Waals surface area contributed by atoms with Gasteiger partial charge in [0.25, 0.3) is 5.91 Å². The topological polar surface area (TPSA) is 60.9 Å². The first-order chi connectivity index (χ1) is 15.8. The van der Waals surface area contributed by atoms with Gasteiger partial charge in [-0.1, -0.05) is 30.2 Å². The molecule has 2 aromatic rings. The van der Waals surface area contributed by atoms with Gasteiger partial charge in [-0.3, -0.25) is 9.69 Å². The Balaban J connectivity index is 1.45. The van der Waals surface area contributed by atoms with Gasteiger partial charge in [0.15, 0.2) is 0 Å². The highest BCUT2D eigenvalue weighted by molar-refractivity contribution is 7.89. The molecule has 0 aromatic heterocycles. The van der Waals surface area contributed by atoms with Crippen LogP contribution >= 0.6 is 11.6 Å². The fourth-order valence-corrected chi connectivity index (χ4v) is 6.46. The van der Waals surface area contributed by atoms with Crippen molar-refractivity contribution in [3.8, 4) is 0 Å². The number of halogens is 2. The van der Waals surface area contributed by atoms with Crippen molar-refractivity contribution in [1.29, 1.82) is 0 Å². The maximum Gasteiger partial charge on any atom is 0.253 e. The summed E-state index contributed by atoms with van der Waals surface area (Å²) in [6.07, 6.45) is 3.49. The third-order valence-corrected chi connectivity index (χ3v) is 8.69. The number of amides is 1. The van der Waals surface area contributed by atoms with E-state index in [2.05, 4.69) is 4.90 Å². The number of benzene rings is 2. The molecule has 2 saturated heterocycles.